The molecule has 2 aromatic carbocycles. The molecule has 42 heavy (non-hydrogen) atoms. The van der Waals surface area contributed by atoms with Crippen molar-refractivity contribution in [3.8, 4) is 11.5 Å². The number of aliphatic imine (C=N–C) groups is 1. The minimum atomic E-state index is -5.08. The minimum absolute atomic E-state index is 0.000759. The number of nitrogens with one attached hydrogen (secondary N) is 2. The van der Waals surface area contributed by atoms with E-state index in [0.29, 0.717) is 35.5 Å². The number of guanidine groups is 1. The highest BCUT2D eigenvalue weighted by atomic mass is 32.2. The Balaban J connectivity index is 0.00000112. The number of hydrogen-bond acceptors (Lipinski definition) is 8. The third-order valence-corrected chi connectivity index (χ3v) is 6.19. The van der Waals surface area contributed by atoms with Crippen LogP contribution in [0.5, 0.6) is 11.5 Å². The molecule has 1 atom stereocenters. The maximum absolute atomic E-state index is 12.9. The van der Waals surface area contributed by atoms with Crippen molar-refractivity contribution < 1.29 is 50.6 Å². The highest BCUT2D eigenvalue weighted by Crippen LogP contribution is 2.27. The van der Waals surface area contributed by atoms with Crippen LogP contribution in [-0.4, -0.2) is 63.7 Å². The molecule has 2 amide bonds. The van der Waals surface area contributed by atoms with Crippen molar-refractivity contribution in [3.05, 3.63) is 47.5 Å². The molecule has 0 saturated carbocycles. The first-order valence-corrected chi connectivity index (χ1v) is 13.6. The van der Waals surface area contributed by atoms with Gasteiger partial charge in [0, 0.05) is 5.69 Å². The van der Waals surface area contributed by atoms with Gasteiger partial charge < -0.3 is 25.6 Å². The van der Waals surface area contributed by atoms with Gasteiger partial charge in [-0.1, -0.05) is 25.5 Å². The number of methoxy groups -OCH3 is 2. The third-order valence-electron chi connectivity index (χ3n) is 5.28. The second kappa shape index (κ2) is 15.6. The third kappa shape index (κ3) is 11.6. The van der Waals surface area contributed by atoms with Gasteiger partial charge in [-0.2, -0.15) is 13.2 Å². The van der Waals surface area contributed by atoms with E-state index in [1.165, 1.54) is 32.4 Å². The monoisotopic (exact) mass is 619 g/mol. The highest BCUT2D eigenvalue weighted by Gasteiger charge is 2.38. The van der Waals surface area contributed by atoms with E-state index in [0.717, 1.165) is 0 Å². The van der Waals surface area contributed by atoms with Crippen LogP contribution in [0.3, 0.4) is 0 Å². The van der Waals surface area contributed by atoms with E-state index in [2.05, 4.69) is 15.6 Å². The van der Waals surface area contributed by atoms with Crippen LogP contribution in [0, 0.1) is 6.92 Å². The van der Waals surface area contributed by atoms with Gasteiger partial charge in [0.25, 0.3) is 0 Å². The molecule has 0 unspecified atom stereocenters. The van der Waals surface area contributed by atoms with Crippen molar-refractivity contribution in [1.29, 1.82) is 0 Å². The number of nitrogens with two attached hydrogens (primary N) is 2. The zero-order chi connectivity index (χ0) is 32.3. The Kier molecular flexibility index (Phi) is 13.2. The first-order valence-electron chi connectivity index (χ1n) is 12.0. The van der Waals surface area contributed by atoms with Gasteiger partial charge in [-0.25, -0.2) is 23.3 Å². The second-order valence-electron chi connectivity index (χ2n) is 8.55. The molecular formula is C25H32F3N5O8S. The fraction of sp³-hybridized carbons (Fsp3) is 0.360. The number of carboxylic acids is 1. The lowest BCUT2D eigenvalue weighted by atomic mass is 10.1. The molecule has 0 aliphatic rings. The Hall–Kier alpha value is -4.38. The van der Waals surface area contributed by atoms with Crippen LogP contribution in [0.25, 0.3) is 0 Å². The molecule has 0 fully saturated rings. The number of ether oxygens (including phenoxy) is 2. The molecule has 2 aromatic rings. The van der Waals surface area contributed by atoms with Crippen LogP contribution in [0.15, 0.2) is 46.3 Å². The maximum Gasteiger partial charge on any atom is 0.490 e. The van der Waals surface area contributed by atoms with E-state index >= 15 is 0 Å². The summed E-state index contributed by atoms with van der Waals surface area (Å²) in [7, 11) is -0.922. The summed E-state index contributed by atoms with van der Waals surface area (Å²) in [5, 5.41) is 17.5. The number of anilines is 1. The number of rotatable bonds is 10. The molecule has 0 aliphatic carbocycles. The van der Waals surface area contributed by atoms with Gasteiger partial charge >= 0.3 is 12.1 Å². The molecular weight excluding hydrogens is 587 g/mol. The van der Waals surface area contributed by atoms with E-state index in [1.807, 2.05) is 6.92 Å². The van der Waals surface area contributed by atoms with Gasteiger partial charge in [0.15, 0.2) is 17.5 Å². The van der Waals surface area contributed by atoms with E-state index in [4.69, 9.17) is 30.2 Å². The number of nitrogens with zero attached hydrogens (tertiary/aromatic N) is 1. The quantitative estimate of drug-likeness (QED) is 0.194. The number of hydrogen-bond donors (Lipinski definition) is 5. The van der Waals surface area contributed by atoms with Gasteiger partial charge in [0.2, 0.25) is 21.8 Å². The number of alkyl halides is 3. The van der Waals surface area contributed by atoms with Crippen molar-refractivity contribution in [2.75, 3.05) is 19.5 Å². The highest BCUT2D eigenvalue weighted by molar-refractivity contribution is 7.89. The lowest BCUT2D eigenvalue weighted by molar-refractivity contribution is -0.192. The van der Waals surface area contributed by atoms with Gasteiger partial charge in [-0.3, -0.25) is 14.9 Å². The summed E-state index contributed by atoms with van der Waals surface area (Å²) in [5.74, 6) is -2.87. The van der Waals surface area contributed by atoms with Crippen LogP contribution in [0.1, 0.15) is 30.9 Å². The summed E-state index contributed by atoms with van der Waals surface area (Å²) < 4.78 is 65.4. The molecule has 0 spiro atoms. The number of sulfonamides is 1. The minimum Gasteiger partial charge on any atom is -0.493 e. The van der Waals surface area contributed by atoms with Crippen LogP contribution in [0.2, 0.25) is 0 Å². The Morgan fingerprint density at radius 2 is 1.67 bits per heavy atom. The average Bonchev–Trinajstić information content (AvgIpc) is 2.88. The summed E-state index contributed by atoms with van der Waals surface area (Å²) in [6.45, 7) is 3.58. The molecule has 0 saturated heterocycles. The SMILES string of the molecule is CCC[C@@H](N=C(N)NC(=O)Cc1ccc(OC)c(OC)c1)C(=O)Nc1cc(S(N)(=O)=O)ccc1C.O=C(O)C(F)(F)F. The lowest BCUT2D eigenvalue weighted by Gasteiger charge is -2.15. The molecule has 0 aromatic heterocycles. The van der Waals surface area contributed by atoms with Crippen LogP contribution in [0.4, 0.5) is 18.9 Å². The zero-order valence-corrected chi connectivity index (χ0v) is 23.9. The molecule has 0 bridgehead atoms. The standard InChI is InChI=1S/C23H31N5O6S.C2HF3O2/c1-5-6-17(22(30)26-18-13-16(35(25,31)32)9-7-14(18)2)27-23(24)28-21(29)12-15-8-10-19(33-3)20(11-15)34-4;3-2(4,5)1(6)7/h7-11,13,17H,5-6,12H2,1-4H3,(H,26,30)(H2,25,31,32)(H3,24,27,28,29);(H,6,7)/t17-;/m1./s1. The number of primary sulfonamides is 1. The van der Waals surface area contributed by atoms with Crippen LogP contribution < -0.4 is 31.0 Å². The lowest BCUT2D eigenvalue weighted by Crippen LogP contribution is -2.40. The van der Waals surface area contributed by atoms with Gasteiger partial charge in [0.1, 0.15) is 6.04 Å². The number of amides is 2. The molecule has 17 heteroatoms. The second-order valence-corrected chi connectivity index (χ2v) is 10.1. The van der Waals surface area contributed by atoms with Crippen molar-refractivity contribution in [3.63, 3.8) is 0 Å². The fourth-order valence-electron chi connectivity index (χ4n) is 3.22. The number of aryl methyl sites for hydroxylation is 1. The molecule has 0 aliphatic heterocycles. The van der Waals surface area contributed by atoms with E-state index in [9.17, 15) is 31.2 Å². The van der Waals surface area contributed by atoms with Gasteiger partial charge in [0.05, 0.1) is 25.5 Å². The van der Waals surface area contributed by atoms with Gasteiger partial charge in [-0.15, -0.1) is 0 Å². The topological polar surface area (TPSA) is 212 Å². The van der Waals surface area contributed by atoms with E-state index in [1.54, 1.807) is 25.1 Å². The van der Waals surface area contributed by atoms with Crippen LogP contribution in [-0.2, 0) is 30.8 Å². The molecule has 232 valence electrons. The largest absolute Gasteiger partial charge is 0.493 e. The summed E-state index contributed by atoms with van der Waals surface area (Å²) >= 11 is 0. The van der Waals surface area contributed by atoms with Gasteiger partial charge in [-0.05, 0) is 48.7 Å². The van der Waals surface area contributed by atoms with Crippen molar-refractivity contribution in [2.45, 2.75) is 50.2 Å². The van der Waals surface area contributed by atoms with E-state index in [-0.39, 0.29) is 23.0 Å². The molecule has 7 N–H and O–H groups in total. The Morgan fingerprint density at radius 1 is 1.07 bits per heavy atom. The smallest absolute Gasteiger partial charge is 0.490 e. The molecule has 13 nitrogen and oxygen atoms in total. The van der Waals surface area contributed by atoms with Crippen molar-refractivity contribution >= 4 is 39.5 Å². The number of carbonyl (C=O) groups excluding carboxylic acids is 2. The Bertz CT molecular complexity index is 1420. The number of aliphatic carboxylic acids is 1. The summed E-state index contributed by atoms with van der Waals surface area (Å²) in [4.78, 5) is 38.2. The maximum atomic E-state index is 12.9. The number of carboxylic acid groups (broad SMARTS) is 1. The predicted molar refractivity (Wildman–Crippen MR) is 147 cm³/mol. The van der Waals surface area contributed by atoms with Crippen LogP contribution >= 0.6 is 0 Å². The fourth-order valence-corrected chi connectivity index (χ4v) is 3.76. The average molecular weight is 620 g/mol. The number of benzene rings is 2. The zero-order valence-electron chi connectivity index (χ0n) is 23.1. The summed E-state index contributed by atoms with van der Waals surface area (Å²) in [6.07, 6.45) is -4.11. The first-order chi connectivity index (χ1) is 19.4. The molecule has 0 heterocycles. The van der Waals surface area contributed by atoms with Crippen molar-refractivity contribution in [1.82, 2.24) is 5.32 Å². The Morgan fingerprint density at radius 3 is 2.17 bits per heavy atom. The predicted octanol–water partition coefficient (Wildman–Crippen LogP) is 2.07. The molecule has 0 radical (unpaired) electrons. The normalized spacial score (nSPS) is 12.3. The number of halogens is 3. The van der Waals surface area contributed by atoms with E-state index < -0.39 is 40.0 Å². The summed E-state index contributed by atoms with van der Waals surface area (Å²) in [6, 6.07) is 8.36. The molecule has 2 rings (SSSR count). The summed E-state index contributed by atoms with van der Waals surface area (Å²) in [5.41, 5.74) is 7.49. The van der Waals surface area contributed by atoms with Crippen molar-refractivity contribution in [2.24, 2.45) is 15.9 Å². The first kappa shape index (κ1) is 35.6. The Labute approximate surface area is 240 Å². The number of carbonyl (C=O) groups is 3.